The van der Waals surface area contributed by atoms with Gasteiger partial charge in [0.2, 0.25) is 0 Å². The van der Waals surface area contributed by atoms with Crippen LogP contribution in [0.25, 0.3) is 0 Å². The lowest BCUT2D eigenvalue weighted by Gasteiger charge is -2.34. The van der Waals surface area contributed by atoms with Crippen molar-refractivity contribution in [1.82, 2.24) is 10.6 Å². The lowest BCUT2D eigenvalue weighted by atomic mass is 9.89. The molecule has 2 aliphatic rings. The summed E-state index contributed by atoms with van der Waals surface area (Å²) in [5.74, 6) is 0.753. The number of hydrogen-bond donors (Lipinski definition) is 3. The van der Waals surface area contributed by atoms with Gasteiger partial charge in [-0.05, 0) is 25.2 Å². The molecular weight excluding hydrogens is 280 g/mol. The van der Waals surface area contributed by atoms with Crippen LogP contribution in [0.4, 0.5) is 4.79 Å². The van der Waals surface area contributed by atoms with Crippen LogP contribution in [0.5, 0.6) is 0 Å². The van der Waals surface area contributed by atoms with E-state index < -0.39 is 0 Å². The summed E-state index contributed by atoms with van der Waals surface area (Å²) in [4.78, 5) is 12.1. The fourth-order valence-electron chi connectivity index (χ4n) is 3.51. The molecule has 0 aromatic rings. The molecular formula is C17H30N2O3. The number of urea groups is 1. The van der Waals surface area contributed by atoms with Gasteiger partial charge in [0.25, 0.3) is 0 Å². The topological polar surface area (TPSA) is 70.6 Å². The number of carbonyl (C=O) groups excluding carboxylic acids is 1. The van der Waals surface area contributed by atoms with Crippen LogP contribution in [0.3, 0.4) is 0 Å². The number of amides is 2. The molecule has 0 unspecified atom stereocenters. The molecule has 2 rings (SSSR count). The van der Waals surface area contributed by atoms with Crippen LogP contribution in [0.1, 0.15) is 46.0 Å². The Balaban J connectivity index is 1.75. The van der Waals surface area contributed by atoms with Crippen molar-refractivity contribution in [3.05, 3.63) is 12.2 Å². The molecule has 0 spiro atoms. The maximum atomic E-state index is 12.1. The minimum atomic E-state index is -0.108. The van der Waals surface area contributed by atoms with E-state index in [-0.39, 0.29) is 36.7 Å². The molecule has 1 aliphatic heterocycles. The van der Waals surface area contributed by atoms with Crippen LogP contribution < -0.4 is 10.6 Å². The van der Waals surface area contributed by atoms with Gasteiger partial charge in [0, 0.05) is 31.2 Å². The van der Waals surface area contributed by atoms with Crippen molar-refractivity contribution >= 4 is 6.03 Å². The molecule has 2 amide bonds. The molecule has 1 fully saturated rings. The maximum absolute atomic E-state index is 12.1. The Hall–Kier alpha value is -1.07. The Morgan fingerprint density at radius 1 is 1.27 bits per heavy atom. The molecule has 0 aromatic carbocycles. The standard InChI is InChI=1S/C17H30N2O3/c1-3-13(4-2)16-10-15(7-8-22-16)19-17(21)18-14-6-5-12(9-14)11-20/h5-6,12-16,20H,3-4,7-11H2,1-2H3,(H2,18,19,21)/t12-,14+,15+,16-/m0/s1. The predicted octanol–water partition coefficient (Wildman–Crippen LogP) is 2.21. The van der Waals surface area contributed by atoms with Crippen molar-refractivity contribution in [2.75, 3.05) is 13.2 Å². The lowest BCUT2D eigenvalue weighted by molar-refractivity contribution is -0.0331. The zero-order chi connectivity index (χ0) is 15.9. The minimum Gasteiger partial charge on any atom is -0.396 e. The highest BCUT2D eigenvalue weighted by atomic mass is 16.5. The maximum Gasteiger partial charge on any atom is 0.315 e. The van der Waals surface area contributed by atoms with E-state index in [9.17, 15) is 4.79 Å². The lowest BCUT2D eigenvalue weighted by Crippen LogP contribution is -2.49. The van der Waals surface area contributed by atoms with Crippen LogP contribution in [-0.2, 0) is 4.74 Å². The highest BCUT2D eigenvalue weighted by Gasteiger charge is 2.29. The van der Waals surface area contributed by atoms with Crippen molar-refractivity contribution in [1.29, 1.82) is 0 Å². The number of ether oxygens (including phenoxy) is 1. The van der Waals surface area contributed by atoms with E-state index in [1.54, 1.807) is 0 Å². The average molecular weight is 310 g/mol. The predicted molar refractivity (Wildman–Crippen MR) is 86.6 cm³/mol. The van der Waals surface area contributed by atoms with Gasteiger partial charge in [-0.25, -0.2) is 4.79 Å². The molecule has 22 heavy (non-hydrogen) atoms. The number of aliphatic hydroxyl groups is 1. The fourth-order valence-corrected chi connectivity index (χ4v) is 3.51. The SMILES string of the molecule is CCC(CC)[C@@H]1C[C@H](NC(=O)N[C@@H]2C=C[C@H](CO)C2)CCO1. The highest BCUT2D eigenvalue weighted by Crippen LogP contribution is 2.25. The molecule has 1 aliphatic carbocycles. The molecule has 3 N–H and O–H groups in total. The highest BCUT2D eigenvalue weighted by molar-refractivity contribution is 5.74. The third-order valence-corrected chi connectivity index (χ3v) is 4.95. The Labute approximate surface area is 133 Å². The van der Waals surface area contributed by atoms with Crippen LogP contribution in [0.2, 0.25) is 0 Å². The van der Waals surface area contributed by atoms with E-state index in [4.69, 9.17) is 9.84 Å². The van der Waals surface area contributed by atoms with E-state index in [0.717, 1.165) is 38.7 Å². The first-order valence-electron chi connectivity index (χ1n) is 8.64. The third kappa shape index (κ3) is 4.71. The molecule has 1 saturated heterocycles. The summed E-state index contributed by atoms with van der Waals surface area (Å²) in [5.41, 5.74) is 0. The normalized spacial score (nSPS) is 31.5. The molecule has 0 bridgehead atoms. The average Bonchev–Trinajstić information content (AvgIpc) is 2.96. The van der Waals surface area contributed by atoms with E-state index in [0.29, 0.717) is 5.92 Å². The molecule has 5 heteroatoms. The molecule has 1 heterocycles. The van der Waals surface area contributed by atoms with Crippen LogP contribution in [0, 0.1) is 11.8 Å². The van der Waals surface area contributed by atoms with Crippen molar-refractivity contribution in [2.24, 2.45) is 11.8 Å². The monoisotopic (exact) mass is 310 g/mol. The summed E-state index contributed by atoms with van der Waals surface area (Å²) in [6.45, 7) is 5.27. The van der Waals surface area contributed by atoms with Crippen LogP contribution in [0.15, 0.2) is 12.2 Å². The second-order valence-corrected chi connectivity index (χ2v) is 6.49. The van der Waals surface area contributed by atoms with Crippen molar-refractivity contribution in [3.63, 3.8) is 0 Å². The van der Waals surface area contributed by atoms with Gasteiger partial charge in [0.15, 0.2) is 0 Å². The Morgan fingerprint density at radius 3 is 2.68 bits per heavy atom. The molecule has 0 aromatic heterocycles. The first-order valence-corrected chi connectivity index (χ1v) is 8.64. The molecule has 5 nitrogen and oxygen atoms in total. The van der Waals surface area contributed by atoms with Gasteiger partial charge in [-0.2, -0.15) is 0 Å². The second kappa shape index (κ2) is 8.53. The zero-order valence-electron chi connectivity index (χ0n) is 13.8. The van der Waals surface area contributed by atoms with Gasteiger partial charge in [-0.15, -0.1) is 0 Å². The van der Waals surface area contributed by atoms with Gasteiger partial charge < -0.3 is 20.5 Å². The Morgan fingerprint density at radius 2 is 2.05 bits per heavy atom. The van der Waals surface area contributed by atoms with Gasteiger partial charge in [-0.3, -0.25) is 0 Å². The van der Waals surface area contributed by atoms with E-state index in [2.05, 4.69) is 24.5 Å². The van der Waals surface area contributed by atoms with Gasteiger partial charge in [-0.1, -0.05) is 38.8 Å². The summed E-state index contributed by atoms with van der Waals surface area (Å²) in [6, 6.07) is 0.119. The third-order valence-electron chi connectivity index (χ3n) is 4.95. The van der Waals surface area contributed by atoms with E-state index in [1.165, 1.54) is 0 Å². The van der Waals surface area contributed by atoms with Crippen molar-refractivity contribution < 1.29 is 14.6 Å². The number of carbonyl (C=O) groups is 1. The minimum absolute atomic E-state index is 0.0341. The molecule has 0 saturated carbocycles. The van der Waals surface area contributed by atoms with Gasteiger partial charge in [0.1, 0.15) is 0 Å². The summed E-state index contributed by atoms with van der Waals surface area (Å²) in [5, 5.41) is 15.2. The molecule has 4 atom stereocenters. The van der Waals surface area contributed by atoms with Crippen LogP contribution in [-0.4, -0.2) is 42.5 Å². The first kappa shape index (κ1) is 17.3. The second-order valence-electron chi connectivity index (χ2n) is 6.49. The van der Waals surface area contributed by atoms with E-state index >= 15 is 0 Å². The Bertz CT molecular complexity index is 382. The largest absolute Gasteiger partial charge is 0.396 e. The summed E-state index contributed by atoms with van der Waals surface area (Å²) in [7, 11) is 0. The summed E-state index contributed by atoms with van der Waals surface area (Å²) in [6.07, 6.45) is 9.02. The quantitative estimate of drug-likeness (QED) is 0.659. The smallest absolute Gasteiger partial charge is 0.315 e. The molecule has 126 valence electrons. The van der Waals surface area contributed by atoms with Crippen LogP contribution >= 0.6 is 0 Å². The first-order chi connectivity index (χ1) is 10.7. The fraction of sp³-hybridized carbons (Fsp3) is 0.824. The van der Waals surface area contributed by atoms with E-state index in [1.807, 2.05) is 12.2 Å². The van der Waals surface area contributed by atoms with Gasteiger partial charge in [0.05, 0.1) is 6.10 Å². The number of rotatable bonds is 6. The number of nitrogens with one attached hydrogen (secondary N) is 2. The van der Waals surface area contributed by atoms with Crippen molar-refractivity contribution in [2.45, 2.75) is 64.1 Å². The number of hydrogen-bond acceptors (Lipinski definition) is 3. The summed E-state index contributed by atoms with van der Waals surface area (Å²) >= 11 is 0. The Kier molecular flexibility index (Phi) is 6.70. The number of aliphatic hydroxyl groups excluding tert-OH is 1. The van der Waals surface area contributed by atoms with Gasteiger partial charge >= 0.3 is 6.03 Å². The molecule has 0 radical (unpaired) electrons. The zero-order valence-corrected chi connectivity index (χ0v) is 13.8. The summed E-state index contributed by atoms with van der Waals surface area (Å²) < 4.78 is 5.89. The van der Waals surface area contributed by atoms with Crippen molar-refractivity contribution in [3.8, 4) is 0 Å².